The van der Waals surface area contributed by atoms with Crippen molar-refractivity contribution in [1.82, 2.24) is 20.6 Å². The fraction of sp³-hybridized carbons (Fsp3) is 0. The van der Waals surface area contributed by atoms with Crippen molar-refractivity contribution in [2.45, 2.75) is 0 Å². The quantitative estimate of drug-likeness (QED) is 0.598. The molecule has 0 amide bonds. The highest BCUT2D eigenvalue weighted by atomic mass is 16.5. The van der Waals surface area contributed by atoms with Crippen LogP contribution in [-0.2, 0) is 0 Å². The van der Waals surface area contributed by atoms with Gasteiger partial charge in [0.2, 0.25) is 0 Å². The van der Waals surface area contributed by atoms with Gasteiger partial charge < -0.3 is 14.9 Å². The van der Waals surface area contributed by atoms with E-state index in [0.717, 1.165) is 0 Å². The molecule has 1 heterocycles. The van der Waals surface area contributed by atoms with Crippen molar-refractivity contribution >= 4 is 0 Å². The molecule has 0 radical (unpaired) electrons. The Balaban J connectivity index is 2.28. The second-order valence-electron chi connectivity index (χ2n) is 2.45. The molecular formula is C7H6N4O3. The molecule has 7 heteroatoms. The van der Waals surface area contributed by atoms with E-state index < -0.39 is 0 Å². The van der Waals surface area contributed by atoms with Gasteiger partial charge in [-0.25, -0.2) is 0 Å². The third kappa shape index (κ3) is 1.56. The van der Waals surface area contributed by atoms with Crippen LogP contribution in [0.5, 0.6) is 23.3 Å². The van der Waals surface area contributed by atoms with Crippen molar-refractivity contribution in [1.29, 1.82) is 0 Å². The number of H-pyrrole nitrogens is 1. The van der Waals surface area contributed by atoms with E-state index in [0.29, 0.717) is 0 Å². The summed E-state index contributed by atoms with van der Waals surface area (Å²) in [6.45, 7) is 0. The molecule has 0 atom stereocenters. The van der Waals surface area contributed by atoms with Gasteiger partial charge in [0.05, 0.1) is 0 Å². The third-order valence-electron chi connectivity index (χ3n) is 1.47. The molecule has 0 aliphatic carbocycles. The highest BCUT2D eigenvalue weighted by Crippen LogP contribution is 2.31. The van der Waals surface area contributed by atoms with E-state index in [2.05, 4.69) is 20.6 Å². The van der Waals surface area contributed by atoms with E-state index in [9.17, 15) is 5.11 Å². The van der Waals surface area contributed by atoms with Crippen LogP contribution in [0.15, 0.2) is 18.2 Å². The molecule has 72 valence electrons. The van der Waals surface area contributed by atoms with Gasteiger partial charge in [-0.3, -0.25) is 0 Å². The molecule has 3 N–H and O–H groups in total. The van der Waals surface area contributed by atoms with Gasteiger partial charge in [-0.15, -0.1) is 0 Å². The zero-order valence-corrected chi connectivity index (χ0v) is 6.88. The Hall–Kier alpha value is -2.31. The number of nitrogens with zero attached hydrogens (tertiary/aromatic N) is 3. The summed E-state index contributed by atoms with van der Waals surface area (Å²) < 4.78 is 5.00. The molecule has 14 heavy (non-hydrogen) atoms. The van der Waals surface area contributed by atoms with Crippen molar-refractivity contribution in [3.05, 3.63) is 18.2 Å². The second-order valence-corrected chi connectivity index (χ2v) is 2.45. The molecule has 0 aliphatic heterocycles. The average Bonchev–Trinajstić information content (AvgIpc) is 2.64. The van der Waals surface area contributed by atoms with E-state index in [4.69, 9.17) is 9.84 Å². The van der Waals surface area contributed by atoms with Crippen LogP contribution in [0.3, 0.4) is 0 Å². The molecule has 0 bridgehead atoms. The van der Waals surface area contributed by atoms with Crippen LogP contribution < -0.4 is 4.74 Å². The number of aromatic nitrogens is 4. The number of hydrogen-bond acceptors (Lipinski definition) is 6. The lowest BCUT2D eigenvalue weighted by Gasteiger charge is -2.02. The average molecular weight is 194 g/mol. The van der Waals surface area contributed by atoms with Crippen LogP contribution in [0, 0.1) is 0 Å². The van der Waals surface area contributed by atoms with Gasteiger partial charge in [0.1, 0.15) is 5.75 Å². The largest absolute Gasteiger partial charge is 0.508 e. The molecule has 2 aromatic rings. The number of rotatable bonds is 2. The first-order valence-corrected chi connectivity index (χ1v) is 3.69. The number of phenols is 2. The summed E-state index contributed by atoms with van der Waals surface area (Å²) in [5.41, 5.74) is 0. The summed E-state index contributed by atoms with van der Waals surface area (Å²) in [4.78, 5) is 0. The highest BCUT2D eigenvalue weighted by Gasteiger charge is 2.07. The summed E-state index contributed by atoms with van der Waals surface area (Å²) in [6, 6.07) is 3.83. The minimum atomic E-state index is -0.118. The first-order chi connectivity index (χ1) is 6.75. The number of benzene rings is 1. The maximum Gasteiger partial charge on any atom is 0.361 e. The lowest BCUT2D eigenvalue weighted by atomic mass is 10.3. The Morgan fingerprint density at radius 2 is 2.14 bits per heavy atom. The molecular weight excluding hydrogens is 188 g/mol. The number of phenolic OH excluding ortho intramolecular Hbond substituents is 2. The monoisotopic (exact) mass is 194 g/mol. The molecule has 7 nitrogen and oxygen atoms in total. The Labute approximate surface area is 78.0 Å². The lowest BCUT2D eigenvalue weighted by Crippen LogP contribution is -1.86. The van der Waals surface area contributed by atoms with Crippen LogP contribution in [-0.4, -0.2) is 30.8 Å². The van der Waals surface area contributed by atoms with Crippen LogP contribution in [0.4, 0.5) is 0 Å². The zero-order chi connectivity index (χ0) is 9.97. The minimum Gasteiger partial charge on any atom is -0.508 e. The van der Waals surface area contributed by atoms with Gasteiger partial charge in [0, 0.05) is 6.07 Å². The van der Waals surface area contributed by atoms with Crippen LogP contribution in [0.2, 0.25) is 0 Å². The third-order valence-corrected chi connectivity index (χ3v) is 1.47. The Bertz CT molecular complexity index is 429. The minimum absolute atomic E-state index is 0.0266. The Morgan fingerprint density at radius 1 is 1.29 bits per heavy atom. The molecule has 0 fully saturated rings. The van der Waals surface area contributed by atoms with E-state index >= 15 is 0 Å². The van der Waals surface area contributed by atoms with Gasteiger partial charge in [-0.1, -0.05) is 10.2 Å². The van der Waals surface area contributed by atoms with E-state index in [1.807, 2.05) is 0 Å². The number of aromatic hydroxyl groups is 2. The van der Waals surface area contributed by atoms with Crippen LogP contribution >= 0.6 is 0 Å². The number of nitrogens with one attached hydrogen (secondary N) is 1. The van der Waals surface area contributed by atoms with Crippen molar-refractivity contribution in [2.75, 3.05) is 0 Å². The molecule has 2 rings (SSSR count). The Kier molecular flexibility index (Phi) is 1.90. The first-order valence-electron chi connectivity index (χ1n) is 3.69. The van der Waals surface area contributed by atoms with Gasteiger partial charge in [-0.2, -0.15) is 5.21 Å². The summed E-state index contributed by atoms with van der Waals surface area (Å²) in [5, 5.41) is 30.9. The van der Waals surface area contributed by atoms with Crippen molar-refractivity contribution in [3.8, 4) is 23.3 Å². The zero-order valence-electron chi connectivity index (χ0n) is 6.88. The van der Waals surface area contributed by atoms with E-state index in [1.165, 1.54) is 18.2 Å². The van der Waals surface area contributed by atoms with Crippen LogP contribution in [0.1, 0.15) is 0 Å². The van der Waals surface area contributed by atoms with Crippen molar-refractivity contribution < 1.29 is 14.9 Å². The number of aromatic amines is 1. The van der Waals surface area contributed by atoms with E-state index in [-0.39, 0.29) is 23.3 Å². The summed E-state index contributed by atoms with van der Waals surface area (Å²) >= 11 is 0. The number of hydrogen-bond donors (Lipinski definition) is 3. The summed E-state index contributed by atoms with van der Waals surface area (Å²) in [5.74, 6) is -0.0831. The van der Waals surface area contributed by atoms with Crippen molar-refractivity contribution in [2.24, 2.45) is 0 Å². The lowest BCUT2D eigenvalue weighted by molar-refractivity contribution is 0.386. The van der Waals surface area contributed by atoms with Gasteiger partial charge in [0.15, 0.2) is 11.5 Å². The smallest absolute Gasteiger partial charge is 0.361 e. The first kappa shape index (κ1) is 8.30. The SMILES string of the molecule is Oc1ccc(O)c(Oc2nn[nH]n2)c1. The maximum absolute atomic E-state index is 9.31. The fourth-order valence-corrected chi connectivity index (χ4v) is 0.879. The Morgan fingerprint density at radius 3 is 2.86 bits per heavy atom. The number of tetrazole rings is 1. The number of ether oxygens (including phenoxy) is 1. The van der Waals surface area contributed by atoms with Crippen molar-refractivity contribution in [3.63, 3.8) is 0 Å². The normalized spacial score (nSPS) is 10.0. The van der Waals surface area contributed by atoms with Gasteiger partial charge >= 0.3 is 6.01 Å². The predicted octanol–water partition coefficient (Wildman–Crippen LogP) is 0.403. The molecule has 0 unspecified atom stereocenters. The topological polar surface area (TPSA) is 104 Å². The molecule has 1 aromatic carbocycles. The maximum atomic E-state index is 9.31. The molecule has 1 aromatic heterocycles. The second kappa shape index (κ2) is 3.21. The highest BCUT2D eigenvalue weighted by molar-refractivity contribution is 5.44. The summed E-state index contributed by atoms with van der Waals surface area (Å²) in [6.07, 6.45) is 0. The summed E-state index contributed by atoms with van der Waals surface area (Å²) in [7, 11) is 0. The fourth-order valence-electron chi connectivity index (χ4n) is 0.879. The predicted molar refractivity (Wildman–Crippen MR) is 44.0 cm³/mol. The molecule has 0 saturated carbocycles. The molecule has 0 spiro atoms. The van der Waals surface area contributed by atoms with E-state index in [1.54, 1.807) is 0 Å². The molecule has 0 aliphatic rings. The van der Waals surface area contributed by atoms with Gasteiger partial charge in [0.25, 0.3) is 0 Å². The van der Waals surface area contributed by atoms with Crippen LogP contribution in [0.25, 0.3) is 0 Å². The standard InChI is InChI=1S/C7H6N4O3/c12-4-1-2-5(13)6(3-4)14-7-8-10-11-9-7/h1-3,12-13H,(H,8,9,10,11). The molecule has 0 saturated heterocycles. The van der Waals surface area contributed by atoms with Gasteiger partial charge in [-0.05, 0) is 17.3 Å².